The van der Waals surface area contributed by atoms with Gasteiger partial charge < -0.3 is 14.8 Å². The molecule has 0 radical (unpaired) electrons. The number of nitrogens with zero attached hydrogens (tertiary/aromatic N) is 1. The Morgan fingerprint density at radius 2 is 2.30 bits per heavy atom. The van der Waals surface area contributed by atoms with E-state index in [1.54, 1.807) is 0 Å². The molecule has 0 aromatic heterocycles. The largest absolute Gasteiger partial charge is 0.493 e. The van der Waals surface area contributed by atoms with Gasteiger partial charge in [0, 0.05) is 30.5 Å². The summed E-state index contributed by atoms with van der Waals surface area (Å²) in [5.41, 5.74) is 0.997. The van der Waals surface area contributed by atoms with Gasteiger partial charge in [-0.3, -0.25) is 0 Å². The lowest BCUT2D eigenvalue weighted by atomic mass is 9.90. The molecule has 0 saturated carbocycles. The summed E-state index contributed by atoms with van der Waals surface area (Å²) >= 11 is 0. The SMILES string of the molecule is CNC1CC(C)(C)Oc2cc(OCCCC#N)ccc21. The van der Waals surface area contributed by atoms with Crippen LogP contribution in [-0.4, -0.2) is 19.3 Å². The predicted octanol–water partition coefficient (Wildman–Crippen LogP) is 3.19. The van der Waals surface area contributed by atoms with Gasteiger partial charge in [-0.2, -0.15) is 5.26 Å². The van der Waals surface area contributed by atoms with Crippen molar-refractivity contribution in [3.8, 4) is 17.6 Å². The molecule has 4 nitrogen and oxygen atoms in total. The Balaban J connectivity index is 2.12. The third-order valence-corrected chi connectivity index (χ3v) is 3.49. The summed E-state index contributed by atoms with van der Waals surface area (Å²) < 4.78 is 11.7. The minimum absolute atomic E-state index is 0.180. The van der Waals surface area contributed by atoms with E-state index in [4.69, 9.17) is 14.7 Å². The molecule has 4 heteroatoms. The smallest absolute Gasteiger partial charge is 0.128 e. The lowest BCUT2D eigenvalue weighted by Gasteiger charge is -2.37. The molecular weight excluding hydrogens is 252 g/mol. The summed E-state index contributed by atoms with van der Waals surface area (Å²) in [6, 6.07) is 8.40. The predicted molar refractivity (Wildman–Crippen MR) is 77.9 cm³/mol. The number of nitrogens with one attached hydrogen (secondary N) is 1. The van der Waals surface area contributed by atoms with E-state index in [9.17, 15) is 0 Å². The minimum Gasteiger partial charge on any atom is -0.493 e. The molecule has 1 aromatic carbocycles. The van der Waals surface area contributed by atoms with Crippen LogP contribution in [-0.2, 0) is 0 Å². The van der Waals surface area contributed by atoms with Gasteiger partial charge in [0.15, 0.2) is 0 Å². The van der Waals surface area contributed by atoms with E-state index in [0.29, 0.717) is 19.1 Å². The van der Waals surface area contributed by atoms with Crippen molar-refractivity contribution >= 4 is 0 Å². The number of ether oxygens (including phenoxy) is 2. The van der Waals surface area contributed by atoms with Gasteiger partial charge in [-0.05, 0) is 33.4 Å². The maximum absolute atomic E-state index is 8.50. The number of nitriles is 1. The van der Waals surface area contributed by atoms with Gasteiger partial charge in [0.25, 0.3) is 0 Å². The third kappa shape index (κ3) is 3.43. The average Bonchev–Trinajstić information content (AvgIpc) is 2.41. The first-order chi connectivity index (χ1) is 9.55. The van der Waals surface area contributed by atoms with Crippen LogP contribution >= 0.6 is 0 Å². The van der Waals surface area contributed by atoms with E-state index in [1.165, 1.54) is 5.56 Å². The first-order valence-corrected chi connectivity index (χ1v) is 7.06. The highest BCUT2D eigenvalue weighted by Crippen LogP contribution is 2.40. The summed E-state index contributed by atoms with van der Waals surface area (Å²) in [6.45, 7) is 4.76. The number of rotatable bonds is 5. The van der Waals surface area contributed by atoms with Crippen molar-refractivity contribution in [2.24, 2.45) is 0 Å². The second kappa shape index (κ2) is 6.15. The molecule has 0 fully saturated rings. The highest BCUT2D eigenvalue weighted by Gasteiger charge is 2.33. The zero-order valence-electron chi connectivity index (χ0n) is 12.4. The Labute approximate surface area is 120 Å². The van der Waals surface area contributed by atoms with E-state index in [0.717, 1.165) is 24.3 Å². The van der Waals surface area contributed by atoms with Crippen LogP contribution in [0.25, 0.3) is 0 Å². The molecule has 0 aliphatic carbocycles. The van der Waals surface area contributed by atoms with Crippen molar-refractivity contribution in [2.75, 3.05) is 13.7 Å². The maximum atomic E-state index is 8.50. The lowest BCUT2D eigenvalue weighted by Crippen LogP contribution is -2.38. The van der Waals surface area contributed by atoms with Crippen molar-refractivity contribution in [2.45, 2.75) is 44.8 Å². The molecule has 0 saturated heterocycles. The fourth-order valence-electron chi connectivity index (χ4n) is 2.52. The van der Waals surface area contributed by atoms with Gasteiger partial charge in [-0.25, -0.2) is 0 Å². The lowest BCUT2D eigenvalue weighted by molar-refractivity contribution is 0.0671. The molecule has 1 aliphatic heterocycles. The van der Waals surface area contributed by atoms with E-state index in [-0.39, 0.29) is 5.60 Å². The number of hydrogen-bond acceptors (Lipinski definition) is 4. The van der Waals surface area contributed by atoms with Crippen molar-refractivity contribution in [3.05, 3.63) is 23.8 Å². The summed E-state index contributed by atoms with van der Waals surface area (Å²) in [7, 11) is 1.97. The van der Waals surface area contributed by atoms with Gasteiger partial charge in [0.1, 0.15) is 17.1 Å². The van der Waals surface area contributed by atoms with Crippen LogP contribution < -0.4 is 14.8 Å². The molecule has 20 heavy (non-hydrogen) atoms. The van der Waals surface area contributed by atoms with E-state index in [2.05, 4.69) is 31.3 Å². The fraction of sp³-hybridized carbons (Fsp3) is 0.562. The number of benzene rings is 1. The van der Waals surface area contributed by atoms with E-state index >= 15 is 0 Å². The van der Waals surface area contributed by atoms with Crippen LogP contribution in [0.3, 0.4) is 0 Å². The second-order valence-electron chi connectivity index (χ2n) is 5.72. The third-order valence-electron chi connectivity index (χ3n) is 3.49. The highest BCUT2D eigenvalue weighted by atomic mass is 16.5. The molecule has 1 N–H and O–H groups in total. The van der Waals surface area contributed by atoms with E-state index in [1.807, 2.05) is 19.2 Å². The average molecular weight is 274 g/mol. The summed E-state index contributed by atoms with van der Waals surface area (Å²) in [5.74, 6) is 1.69. The number of unbranched alkanes of at least 4 members (excludes halogenated alkanes) is 1. The van der Waals surface area contributed by atoms with E-state index < -0.39 is 0 Å². The first kappa shape index (κ1) is 14.7. The van der Waals surface area contributed by atoms with Crippen LogP contribution in [0.5, 0.6) is 11.5 Å². The molecular formula is C16H22N2O2. The molecule has 1 unspecified atom stereocenters. The highest BCUT2D eigenvalue weighted by molar-refractivity contribution is 5.44. The van der Waals surface area contributed by atoms with Crippen molar-refractivity contribution in [1.82, 2.24) is 5.32 Å². The monoisotopic (exact) mass is 274 g/mol. The van der Waals surface area contributed by atoms with Crippen LogP contribution in [0, 0.1) is 11.3 Å². The summed E-state index contributed by atoms with van der Waals surface area (Å²) in [6.07, 6.45) is 2.22. The molecule has 108 valence electrons. The zero-order valence-corrected chi connectivity index (χ0v) is 12.4. The Kier molecular flexibility index (Phi) is 4.51. The Morgan fingerprint density at radius 1 is 1.50 bits per heavy atom. The van der Waals surface area contributed by atoms with Gasteiger partial charge in [0.05, 0.1) is 12.7 Å². The molecule has 0 amide bonds. The van der Waals surface area contributed by atoms with Crippen molar-refractivity contribution in [1.29, 1.82) is 5.26 Å². The molecule has 0 spiro atoms. The van der Waals surface area contributed by atoms with Crippen LogP contribution in [0.4, 0.5) is 0 Å². The maximum Gasteiger partial charge on any atom is 0.128 e. The Hall–Kier alpha value is -1.73. The molecule has 0 bridgehead atoms. The molecule has 1 aromatic rings. The number of fused-ring (bicyclic) bond motifs is 1. The van der Waals surface area contributed by atoms with Crippen LogP contribution in [0.1, 0.15) is 44.7 Å². The normalized spacial score (nSPS) is 19.6. The van der Waals surface area contributed by atoms with Gasteiger partial charge in [0.2, 0.25) is 0 Å². The minimum atomic E-state index is -0.180. The summed E-state index contributed by atoms with van der Waals surface area (Å²) in [4.78, 5) is 0. The van der Waals surface area contributed by atoms with Gasteiger partial charge in [-0.1, -0.05) is 6.07 Å². The van der Waals surface area contributed by atoms with Crippen molar-refractivity contribution in [3.63, 3.8) is 0 Å². The number of hydrogen-bond donors (Lipinski definition) is 1. The standard InChI is InChI=1S/C16H22N2O2/c1-16(2)11-14(18-3)13-7-6-12(10-15(13)20-16)19-9-5-4-8-17/h6-7,10,14,18H,4-5,9,11H2,1-3H3. The fourth-order valence-corrected chi connectivity index (χ4v) is 2.52. The molecule has 2 rings (SSSR count). The van der Waals surface area contributed by atoms with Crippen molar-refractivity contribution < 1.29 is 9.47 Å². The molecule has 1 atom stereocenters. The Bertz CT molecular complexity index is 506. The van der Waals surface area contributed by atoms with Crippen LogP contribution in [0.15, 0.2) is 18.2 Å². The Morgan fingerprint density at radius 3 is 3.00 bits per heavy atom. The van der Waals surface area contributed by atoms with Gasteiger partial charge in [-0.15, -0.1) is 0 Å². The summed E-state index contributed by atoms with van der Waals surface area (Å²) in [5, 5.41) is 11.8. The quantitative estimate of drug-likeness (QED) is 0.838. The van der Waals surface area contributed by atoms with Crippen LogP contribution in [0.2, 0.25) is 0 Å². The topological polar surface area (TPSA) is 54.3 Å². The van der Waals surface area contributed by atoms with Gasteiger partial charge >= 0.3 is 0 Å². The second-order valence-corrected chi connectivity index (χ2v) is 5.72. The molecule has 1 heterocycles. The zero-order chi connectivity index (χ0) is 14.6. The first-order valence-electron chi connectivity index (χ1n) is 7.06. The molecule has 1 aliphatic rings.